The molecule has 0 aliphatic heterocycles. The summed E-state index contributed by atoms with van der Waals surface area (Å²) >= 11 is 0. The Hall–Kier alpha value is -2.56. The van der Waals surface area contributed by atoms with Crippen molar-refractivity contribution in [3.05, 3.63) is 48.3 Å². The minimum absolute atomic E-state index is 0.195. The molecule has 1 aromatic heterocycles. The molecule has 23 heavy (non-hydrogen) atoms. The van der Waals surface area contributed by atoms with Crippen molar-refractivity contribution in [2.24, 2.45) is 0 Å². The smallest absolute Gasteiger partial charge is 0.270 e. The van der Waals surface area contributed by atoms with Crippen molar-refractivity contribution in [2.45, 2.75) is 33.2 Å². The molecule has 0 unspecified atom stereocenters. The highest BCUT2D eigenvalue weighted by Crippen LogP contribution is 2.27. The number of anilines is 2. The van der Waals surface area contributed by atoms with Gasteiger partial charge in [-0.05, 0) is 52.0 Å². The van der Waals surface area contributed by atoms with Crippen LogP contribution in [0.4, 0.5) is 11.4 Å². The fourth-order valence-corrected chi connectivity index (χ4v) is 2.04. The van der Waals surface area contributed by atoms with Crippen LogP contribution in [0.25, 0.3) is 0 Å². The van der Waals surface area contributed by atoms with Crippen LogP contribution in [0.2, 0.25) is 0 Å². The van der Waals surface area contributed by atoms with Gasteiger partial charge in [0.2, 0.25) is 0 Å². The van der Waals surface area contributed by atoms with Crippen LogP contribution < -0.4 is 15.4 Å². The molecular weight excluding hydrogens is 290 g/mol. The van der Waals surface area contributed by atoms with E-state index in [1.165, 1.54) is 0 Å². The minimum Gasteiger partial charge on any atom is -0.492 e. The van der Waals surface area contributed by atoms with Crippen LogP contribution in [-0.2, 0) is 0 Å². The maximum Gasteiger partial charge on any atom is 0.270 e. The number of amides is 1. The first-order chi connectivity index (χ1) is 10.9. The second kappa shape index (κ2) is 7.13. The Morgan fingerprint density at radius 3 is 2.65 bits per heavy atom. The quantitative estimate of drug-likeness (QED) is 0.882. The first-order valence-corrected chi connectivity index (χ1v) is 7.66. The van der Waals surface area contributed by atoms with E-state index in [9.17, 15) is 4.79 Å². The third-order valence-electron chi connectivity index (χ3n) is 2.95. The highest BCUT2D eigenvalue weighted by Gasteiger charge is 2.16. The topological polar surface area (TPSA) is 63.2 Å². The Morgan fingerprint density at radius 1 is 1.22 bits per heavy atom. The number of nitrogens with zero attached hydrogens (tertiary/aromatic N) is 1. The van der Waals surface area contributed by atoms with E-state index in [4.69, 9.17) is 4.74 Å². The summed E-state index contributed by atoms with van der Waals surface area (Å²) in [5.74, 6) is 0.576. The van der Waals surface area contributed by atoms with Crippen LogP contribution in [0.15, 0.2) is 42.6 Å². The Kier molecular flexibility index (Phi) is 5.21. The number of nitrogens with one attached hydrogen (secondary N) is 2. The summed E-state index contributed by atoms with van der Waals surface area (Å²) in [6, 6.07) is 11.2. The number of hydrogen-bond acceptors (Lipinski definition) is 4. The number of carbonyl (C=O) groups excluding carboxylic acids is 1. The molecule has 1 heterocycles. The van der Waals surface area contributed by atoms with Gasteiger partial charge in [0, 0.05) is 17.4 Å². The molecule has 2 aromatic rings. The average molecular weight is 313 g/mol. The number of pyridine rings is 1. The maximum atomic E-state index is 12.2. The van der Waals surface area contributed by atoms with Crippen molar-refractivity contribution in [3.8, 4) is 5.75 Å². The Balaban J connectivity index is 2.19. The van der Waals surface area contributed by atoms with E-state index in [-0.39, 0.29) is 11.4 Å². The van der Waals surface area contributed by atoms with Crippen LogP contribution in [0.1, 0.15) is 38.2 Å². The van der Waals surface area contributed by atoms with E-state index >= 15 is 0 Å². The summed E-state index contributed by atoms with van der Waals surface area (Å²) in [6.07, 6.45) is 1.61. The molecule has 0 radical (unpaired) electrons. The van der Waals surface area contributed by atoms with Gasteiger partial charge in [-0.25, -0.2) is 0 Å². The number of ether oxygens (including phenoxy) is 1. The van der Waals surface area contributed by atoms with Gasteiger partial charge in [0.25, 0.3) is 5.91 Å². The predicted octanol–water partition coefficient (Wildman–Crippen LogP) is 3.75. The van der Waals surface area contributed by atoms with Gasteiger partial charge in [-0.1, -0.05) is 12.1 Å². The van der Waals surface area contributed by atoms with Gasteiger partial charge >= 0.3 is 0 Å². The Bertz CT molecular complexity index is 678. The third-order valence-corrected chi connectivity index (χ3v) is 2.95. The number of hydrogen-bond donors (Lipinski definition) is 2. The van der Waals surface area contributed by atoms with E-state index in [2.05, 4.69) is 15.6 Å². The van der Waals surface area contributed by atoms with Gasteiger partial charge in [0.15, 0.2) is 0 Å². The zero-order chi connectivity index (χ0) is 16.9. The van der Waals surface area contributed by atoms with Crippen molar-refractivity contribution >= 4 is 17.3 Å². The molecule has 5 nitrogen and oxygen atoms in total. The number of benzene rings is 1. The second-order valence-corrected chi connectivity index (χ2v) is 6.19. The molecule has 0 aliphatic rings. The summed E-state index contributed by atoms with van der Waals surface area (Å²) < 4.78 is 5.60. The lowest BCUT2D eigenvalue weighted by atomic mass is 10.1. The lowest BCUT2D eigenvalue weighted by Gasteiger charge is -2.20. The lowest BCUT2D eigenvalue weighted by Crippen LogP contribution is -2.40. The van der Waals surface area contributed by atoms with Gasteiger partial charge < -0.3 is 15.4 Å². The van der Waals surface area contributed by atoms with Gasteiger partial charge in [-0.2, -0.15) is 0 Å². The first kappa shape index (κ1) is 16.8. The highest BCUT2D eigenvalue weighted by atomic mass is 16.5. The van der Waals surface area contributed by atoms with Gasteiger partial charge in [-0.3, -0.25) is 9.78 Å². The average Bonchev–Trinajstić information content (AvgIpc) is 2.48. The van der Waals surface area contributed by atoms with Crippen LogP contribution in [-0.4, -0.2) is 23.0 Å². The van der Waals surface area contributed by atoms with Crippen molar-refractivity contribution in [2.75, 3.05) is 11.9 Å². The zero-order valence-corrected chi connectivity index (χ0v) is 14.0. The molecule has 5 heteroatoms. The van der Waals surface area contributed by atoms with Crippen LogP contribution in [0.5, 0.6) is 5.75 Å². The van der Waals surface area contributed by atoms with Crippen molar-refractivity contribution in [1.29, 1.82) is 0 Å². The van der Waals surface area contributed by atoms with E-state index in [0.29, 0.717) is 12.3 Å². The fraction of sp³-hybridized carbons (Fsp3) is 0.333. The normalized spacial score (nSPS) is 11.0. The molecule has 0 saturated carbocycles. The van der Waals surface area contributed by atoms with E-state index in [0.717, 1.165) is 17.1 Å². The van der Waals surface area contributed by atoms with Gasteiger partial charge in [0.1, 0.15) is 11.4 Å². The Morgan fingerprint density at radius 2 is 1.96 bits per heavy atom. The molecule has 0 aliphatic carbocycles. The summed E-state index contributed by atoms with van der Waals surface area (Å²) in [6.45, 7) is 8.34. The summed E-state index contributed by atoms with van der Waals surface area (Å²) in [5.41, 5.74) is 1.71. The largest absolute Gasteiger partial charge is 0.492 e. The van der Waals surface area contributed by atoms with Crippen LogP contribution >= 0.6 is 0 Å². The monoisotopic (exact) mass is 313 g/mol. The molecule has 1 amide bonds. The van der Waals surface area contributed by atoms with E-state index in [1.54, 1.807) is 12.3 Å². The number of rotatable bonds is 5. The molecule has 122 valence electrons. The lowest BCUT2D eigenvalue weighted by molar-refractivity contribution is 0.0914. The molecule has 0 saturated heterocycles. The molecular formula is C18H23N3O2. The van der Waals surface area contributed by atoms with Gasteiger partial charge in [-0.15, -0.1) is 0 Å². The third kappa shape index (κ3) is 4.98. The summed E-state index contributed by atoms with van der Waals surface area (Å²) in [4.78, 5) is 16.3. The minimum atomic E-state index is -0.302. The van der Waals surface area contributed by atoms with E-state index < -0.39 is 0 Å². The standard InChI is InChI=1S/C18H23N3O2/c1-5-23-16-9-7-6-8-14(16)20-13-10-11-19-15(12-13)17(22)21-18(2,3)4/h6-12H,5H2,1-4H3,(H,19,20)(H,21,22). The van der Waals surface area contributed by atoms with E-state index in [1.807, 2.05) is 58.0 Å². The number of aromatic nitrogens is 1. The van der Waals surface area contributed by atoms with Crippen molar-refractivity contribution in [3.63, 3.8) is 0 Å². The highest BCUT2D eigenvalue weighted by molar-refractivity contribution is 5.93. The van der Waals surface area contributed by atoms with Crippen LogP contribution in [0, 0.1) is 0 Å². The van der Waals surface area contributed by atoms with Gasteiger partial charge in [0.05, 0.1) is 12.3 Å². The predicted molar refractivity (Wildman–Crippen MR) is 92.3 cm³/mol. The summed E-state index contributed by atoms with van der Waals surface area (Å²) in [5, 5.41) is 6.17. The molecule has 0 fully saturated rings. The molecule has 2 N–H and O–H groups in total. The molecule has 0 spiro atoms. The zero-order valence-electron chi connectivity index (χ0n) is 14.0. The number of para-hydroxylation sites is 2. The molecule has 1 aromatic carbocycles. The molecule has 0 bridgehead atoms. The molecule has 2 rings (SSSR count). The molecule has 0 atom stereocenters. The van der Waals surface area contributed by atoms with Crippen molar-refractivity contribution < 1.29 is 9.53 Å². The summed E-state index contributed by atoms with van der Waals surface area (Å²) in [7, 11) is 0. The maximum absolute atomic E-state index is 12.2. The number of carbonyl (C=O) groups is 1. The Labute approximate surface area is 137 Å². The fourth-order valence-electron chi connectivity index (χ4n) is 2.04. The first-order valence-electron chi connectivity index (χ1n) is 7.66. The SMILES string of the molecule is CCOc1ccccc1Nc1ccnc(C(=O)NC(C)(C)C)c1. The van der Waals surface area contributed by atoms with Crippen LogP contribution in [0.3, 0.4) is 0 Å². The van der Waals surface area contributed by atoms with Crippen molar-refractivity contribution in [1.82, 2.24) is 10.3 Å². The second-order valence-electron chi connectivity index (χ2n) is 6.19.